The Morgan fingerprint density at radius 1 is 0.867 bits per heavy atom. The lowest BCUT2D eigenvalue weighted by Gasteiger charge is -2.51. The van der Waals surface area contributed by atoms with Gasteiger partial charge in [-0.3, -0.25) is 0 Å². The molecule has 1 spiro atoms. The molecule has 2 aliphatic heterocycles. The summed E-state index contributed by atoms with van der Waals surface area (Å²) in [6.07, 6.45) is 7.26. The molecule has 2 saturated heterocycles. The highest BCUT2D eigenvalue weighted by atomic mass is 16.7. The van der Waals surface area contributed by atoms with Gasteiger partial charge in [-0.1, -0.05) is 34.6 Å². The van der Waals surface area contributed by atoms with Gasteiger partial charge < -0.3 is 24.8 Å². The van der Waals surface area contributed by atoms with Gasteiger partial charge in [-0.15, -0.1) is 0 Å². The molecule has 2 aliphatic rings. The van der Waals surface area contributed by atoms with Crippen molar-refractivity contribution in [1.29, 1.82) is 0 Å². The standard InChI is InChI=1S/C25H48O5/c1-16(21(6)27)8-10-23-17(2)11-13-25(29-23)14-12-19(4)24(30-25)18(3)7-9-22(28)20(5)15-26/h16-24,26-28H,7-15H2,1-6H3/t16-,17+,18+,19-,20+,21?,22-,23-,24-,25+/m0/s1. The molecule has 0 saturated carbocycles. The molecule has 178 valence electrons. The van der Waals surface area contributed by atoms with Gasteiger partial charge in [-0.2, -0.15) is 0 Å². The van der Waals surface area contributed by atoms with Gasteiger partial charge >= 0.3 is 0 Å². The third kappa shape index (κ3) is 6.90. The molecule has 2 fully saturated rings. The summed E-state index contributed by atoms with van der Waals surface area (Å²) < 4.78 is 13.4. The highest BCUT2D eigenvalue weighted by molar-refractivity contribution is 4.90. The van der Waals surface area contributed by atoms with Crippen molar-refractivity contribution >= 4 is 0 Å². The number of aliphatic hydroxyl groups is 3. The van der Waals surface area contributed by atoms with Crippen molar-refractivity contribution in [2.45, 2.75) is 123 Å². The van der Waals surface area contributed by atoms with Crippen LogP contribution in [0.5, 0.6) is 0 Å². The minimum absolute atomic E-state index is 0.0239. The van der Waals surface area contributed by atoms with Gasteiger partial charge in [0.2, 0.25) is 0 Å². The first-order valence-electron chi connectivity index (χ1n) is 12.4. The van der Waals surface area contributed by atoms with Crippen LogP contribution in [-0.2, 0) is 9.47 Å². The lowest BCUT2D eigenvalue weighted by Crippen LogP contribution is -2.53. The Morgan fingerprint density at radius 2 is 1.50 bits per heavy atom. The minimum atomic E-state index is -0.465. The summed E-state index contributed by atoms with van der Waals surface area (Å²) >= 11 is 0. The van der Waals surface area contributed by atoms with Crippen LogP contribution in [0.2, 0.25) is 0 Å². The molecule has 0 radical (unpaired) electrons. The zero-order valence-electron chi connectivity index (χ0n) is 20.2. The SMILES string of the molecule is CC(O)[C@@H](C)CC[C@@H]1O[C@@]2(CC[C@H]1C)CC[C@H](C)[C@H]([C@H](C)CC[C@H](O)[C@H](C)CO)O2. The second kappa shape index (κ2) is 11.6. The molecule has 2 rings (SSSR count). The van der Waals surface area contributed by atoms with E-state index in [-0.39, 0.29) is 36.8 Å². The zero-order chi connectivity index (χ0) is 22.5. The molecule has 3 N–H and O–H groups in total. The van der Waals surface area contributed by atoms with Crippen LogP contribution in [0.15, 0.2) is 0 Å². The second-order valence-electron chi connectivity index (χ2n) is 10.8. The first-order chi connectivity index (χ1) is 14.1. The van der Waals surface area contributed by atoms with Crippen LogP contribution in [0.4, 0.5) is 0 Å². The average Bonchev–Trinajstić information content (AvgIpc) is 2.73. The summed E-state index contributed by atoms with van der Waals surface area (Å²) in [7, 11) is 0. The molecule has 0 aromatic heterocycles. The predicted molar refractivity (Wildman–Crippen MR) is 120 cm³/mol. The summed E-state index contributed by atoms with van der Waals surface area (Å²) in [6, 6.07) is 0. The van der Waals surface area contributed by atoms with Crippen molar-refractivity contribution in [3.05, 3.63) is 0 Å². The van der Waals surface area contributed by atoms with Gasteiger partial charge in [0.1, 0.15) is 0 Å². The van der Waals surface area contributed by atoms with Crippen LogP contribution >= 0.6 is 0 Å². The zero-order valence-corrected chi connectivity index (χ0v) is 20.2. The molecule has 5 nitrogen and oxygen atoms in total. The minimum Gasteiger partial charge on any atom is -0.396 e. The van der Waals surface area contributed by atoms with E-state index in [1.54, 1.807) is 0 Å². The molecular weight excluding hydrogens is 380 g/mol. The van der Waals surface area contributed by atoms with Crippen molar-refractivity contribution in [3.8, 4) is 0 Å². The number of hydrogen-bond donors (Lipinski definition) is 3. The van der Waals surface area contributed by atoms with E-state index in [0.717, 1.165) is 44.9 Å². The molecule has 30 heavy (non-hydrogen) atoms. The van der Waals surface area contributed by atoms with E-state index >= 15 is 0 Å². The molecule has 0 aromatic carbocycles. The van der Waals surface area contributed by atoms with Gasteiger partial charge in [-0.25, -0.2) is 0 Å². The fourth-order valence-electron chi connectivity index (χ4n) is 5.08. The van der Waals surface area contributed by atoms with Crippen LogP contribution in [0, 0.1) is 29.6 Å². The first kappa shape index (κ1) is 26.1. The summed E-state index contributed by atoms with van der Waals surface area (Å²) in [5, 5.41) is 29.3. The molecule has 0 aromatic rings. The maximum atomic E-state index is 10.2. The highest BCUT2D eigenvalue weighted by Gasteiger charge is 2.47. The Bertz CT molecular complexity index is 494. The van der Waals surface area contributed by atoms with Gasteiger partial charge in [0.25, 0.3) is 0 Å². The van der Waals surface area contributed by atoms with Crippen LogP contribution in [0.3, 0.4) is 0 Å². The molecule has 0 aliphatic carbocycles. The van der Waals surface area contributed by atoms with E-state index in [1.807, 2.05) is 13.8 Å². The van der Waals surface area contributed by atoms with Crippen molar-refractivity contribution in [1.82, 2.24) is 0 Å². The highest BCUT2D eigenvalue weighted by Crippen LogP contribution is 2.45. The lowest BCUT2D eigenvalue weighted by atomic mass is 9.79. The van der Waals surface area contributed by atoms with Gasteiger partial charge in [0.05, 0.1) is 24.4 Å². The van der Waals surface area contributed by atoms with E-state index in [9.17, 15) is 15.3 Å². The topological polar surface area (TPSA) is 79.2 Å². The van der Waals surface area contributed by atoms with Gasteiger partial charge in [-0.05, 0) is 69.1 Å². The van der Waals surface area contributed by atoms with Crippen molar-refractivity contribution in [3.63, 3.8) is 0 Å². The molecule has 0 amide bonds. The Balaban J connectivity index is 1.96. The normalized spacial score (nSPS) is 37.5. The molecule has 0 bridgehead atoms. The number of aliphatic hydroxyl groups excluding tert-OH is 3. The summed E-state index contributed by atoms with van der Waals surface area (Å²) in [5.41, 5.74) is 0. The molecule has 10 atom stereocenters. The Kier molecular flexibility index (Phi) is 10.1. The van der Waals surface area contributed by atoms with Crippen LogP contribution < -0.4 is 0 Å². The van der Waals surface area contributed by atoms with Gasteiger partial charge in [0, 0.05) is 25.4 Å². The number of ether oxygens (including phenoxy) is 2. The predicted octanol–water partition coefficient (Wildman–Crippen LogP) is 4.52. The smallest absolute Gasteiger partial charge is 0.169 e. The molecule has 1 unspecified atom stereocenters. The lowest BCUT2D eigenvalue weighted by molar-refractivity contribution is -0.338. The van der Waals surface area contributed by atoms with E-state index in [0.29, 0.717) is 24.2 Å². The number of hydrogen-bond acceptors (Lipinski definition) is 5. The second-order valence-corrected chi connectivity index (χ2v) is 10.8. The average molecular weight is 429 g/mol. The van der Waals surface area contributed by atoms with Gasteiger partial charge in [0.15, 0.2) is 5.79 Å². The fourth-order valence-corrected chi connectivity index (χ4v) is 5.08. The molecule has 2 heterocycles. The van der Waals surface area contributed by atoms with E-state index in [4.69, 9.17) is 9.47 Å². The fraction of sp³-hybridized carbons (Fsp3) is 1.00. The third-order valence-corrected chi connectivity index (χ3v) is 8.03. The molecule has 5 heteroatoms. The van der Waals surface area contributed by atoms with Crippen LogP contribution in [0.25, 0.3) is 0 Å². The maximum Gasteiger partial charge on any atom is 0.169 e. The van der Waals surface area contributed by atoms with Crippen LogP contribution in [-0.4, -0.2) is 52.1 Å². The van der Waals surface area contributed by atoms with Crippen molar-refractivity contribution in [2.75, 3.05) is 6.61 Å². The largest absolute Gasteiger partial charge is 0.396 e. The Morgan fingerprint density at radius 3 is 2.10 bits per heavy atom. The van der Waals surface area contributed by atoms with E-state index in [2.05, 4.69) is 27.7 Å². The van der Waals surface area contributed by atoms with Crippen LogP contribution in [0.1, 0.15) is 92.9 Å². The quantitative estimate of drug-likeness (QED) is 0.477. The maximum absolute atomic E-state index is 10.2. The molecular formula is C25H48O5. The summed E-state index contributed by atoms with van der Waals surface area (Å²) in [4.78, 5) is 0. The van der Waals surface area contributed by atoms with E-state index < -0.39 is 11.9 Å². The summed E-state index contributed by atoms with van der Waals surface area (Å²) in [6.45, 7) is 12.7. The Hall–Kier alpha value is -0.200. The third-order valence-electron chi connectivity index (χ3n) is 8.03. The van der Waals surface area contributed by atoms with E-state index in [1.165, 1.54) is 0 Å². The summed E-state index contributed by atoms with van der Waals surface area (Å²) in [5.74, 6) is 1.08. The monoisotopic (exact) mass is 428 g/mol. The van der Waals surface area contributed by atoms with Crippen molar-refractivity contribution < 1.29 is 24.8 Å². The van der Waals surface area contributed by atoms with Crippen molar-refractivity contribution in [2.24, 2.45) is 29.6 Å². The number of rotatable bonds is 10. The Labute approximate surface area is 184 Å². The first-order valence-corrected chi connectivity index (χ1v) is 12.4.